The van der Waals surface area contributed by atoms with Crippen molar-refractivity contribution in [2.45, 2.75) is 27.2 Å². The van der Waals surface area contributed by atoms with E-state index in [1.165, 1.54) is 5.56 Å². The highest BCUT2D eigenvalue weighted by Gasteiger charge is 2.16. The lowest BCUT2D eigenvalue weighted by Crippen LogP contribution is -2.30. The summed E-state index contributed by atoms with van der Waals surface area (Å²) in [5.41, 5.74) is 15.0. The fourth-order valence-corrected chi connectivity index (χ4v) is 2.34. The van der Waals surface area contributed by atoms with Gasteiger partial charge in [-0.1, -0.05) is 6.92 Å². The number of phenols is 1. The van der Waals surface area contributed by atoms with Crippen molar-refractivity contribution in [3.8, 4) is 5.75 Å². The van der Waals surface area contributed by atoms with Gasteiger partial charge in [-0.25, -0.2) is 0 Å². The summed E-state index contributed by atoms with van der Waals surface area (Å²) >= 11 is 0. The molecule has 0 aliphatic carbocycles. The molecule has 0 fully saturated rings. The average molecular weight is 236 g/mol. The van der Waals surface area contributed by atoms with Crippen LogP contribution in [0.3, 0.4) is 0 Å². The third kappa shape index (κ3) is 3.45. The highest BCUT2D eigenvalue weighted by Crippen LogP contribution is 2.25. The molecule has 0 aromatic heterocycles. The molecule has 0 bridgehead atoms. The first-order valence-corrected chi connectivity index (χ1v) is 6.18. The molecule has 1 rings (SSSR count). The van der Waals surface area contributed by atoms with Crippen LogP contribution < -0.4 is 11.5 Å². The molecular formula is C14H24N2O. The minimum atomic E-state index is 0.339. The molecule has 5 N–H and O–H groups in total. The molecule has 1 unspecified atom stereocenters. The van der Waals surface area contributed by atoms with Crippen molar-refractivity contribution in [2.75, 3.05) is 13.1 Å². The molecular weight excluding hydrogens is 212 g/mol. The summed E-state index contributed by atoms with van der Waals surface area (Å²) in [6, 6.07) is 3.63. The SMILES string of the molecule is Cc1cc(O)cc(C)c1CC(C)C(CN)CN. The summed E-state index contributed by atoms with van der Waals surface area (Å²) in [7, 11) is 0. The van der Waals surface area contributed by atoms with E-state index in [0.29, 0.717) is 30.7 Å². The molecule has 17 heavy (non-hydrogen) atoms. The van der Waals surface area contributed by atoms with E-state index in [2.05, 4.69) is 6.92 Å². The normalized spacial score (nSPS) is 13.1. The number of hydrogen-bond acceptors (Lipinski definition) is 3. The number of nitrogens with two attached hydrogens (primary N) is 2. The van der Waals surface area contributed by atoms with E-state index in [1.54, 1.807) is 0 Å². The number of hydrogen-bond donors (Lipinski definition) is 3. The molecule has 0 radical (unpaired) electrons. The molecule has 0 saturated carbocycles. The molecule has 0 amide bonds. The molecule has 3 heteroatoms. The number of aryl methyl sites for hydroxylation is 2. The molecule has 1 aromatic carbocycles. The average Bonchev–Trinajstić information content (AvgIpc) is 2.25. The Morgan fingerprint density at radius 1 is 1.12 bits per heavy atom. The van der Waals surface area contributed by atoms with E-state index in [-0.39, 0.29) is 0 Å². The first-order chi connectivity index (χ1) is 7.99. The molecule has 1 atom stereocenters. The van der Waals surface area contributed by atoms with Crippen molar-refractivity contribution >= 4 is 0 Å². The lowest BCUT2D eigenvalue weighted by Gasteiger charge is -2.22. The van der Waals surface area contributed by atoms with Crippen LogP contribution in [0.1, 0.15) is 23.6 Å². The maximum atomic E-state index is 9.51. The van der Waals surface area contributed by atoms with E-state index in [9.17, 15) is 5.11 Å². The third-order valence-electron chi connectivity index (χ3n) is 3.62. The minimum Gasteiger partial charge on any atom is -0.508 e. The molecule has 0 saturated heterocycles. The Labute approximate surface area is 104 Å². The molecule has 0 aliphatic heterocycles. The van der Waals surface area contributed by atoms with Crippen LogP contribution in [0.15, 0.2) is 12.1 Å². The number of aromatic hydroxyl groups is 1. The fraction of sp³-hybridized carbons (Fsp3) is 0.571. The maximum absolute atomic E-state index is 9.51. The van der Waals surface area contributed by atoms with Crippen LogP contribution in [0.5, 0.6) is 5.75 Å². The first kappa shape index (κ1) is 14.0. The predicted octanol–water partition coefficient (Wildman–Crippen LogP) is 1.72. The van der Waals surface area contributed by atoms with E-state index in [0.717, 1.165) is 17.5 Å². The maximum Gasteiger partial charge on any atom is 0.116 e. The second-order valence-electron chi connectivity index (χ2n) is 4.97. The van der Waals surface area contributed by atoms with Gasteiger partial charge in [0.25, 0.3) is 0 Å². The lowest BCUT2D eigenvalue weighted by atomic mass is 9.85. The van der Waals surface area contributed by atoms with Crippen molar-refractivity contribution in [3.63, 3.8) is 0 Å². The Bertz CT molecular complexity index is 349. The van der Waals surface area contributed by atoms with Crippen molar-refractivity contribution < 1.29 is 5.11 Å². The summed E-state index contributed by atoms with van der Waals surface area (Å²) < 4.78 is 0. The quantitative estimate of drug-likeness (QED) is 0.729. The second kappa shape index (κ2) is 6.03. The fourth-order valence-electron chi connectivity index (χ4n) is 2.34. The van der Waals surface area contributed by atoms with Crippen LogP contribution >= 0.6 is 0 Å². The number of phenolic OH excluding ortho intramolecular Hbond substituents is 1. The van der Waals surface area contributed by atoms with E-state index in [1.807, 2.05) is 26.0 Å². The zero-order chi connectivity index (χ0) is 13.0. The Morgan fingerprint density at radius 3 is 2.00 bits per heavy atom. The summed E-state index contributed by atoms with van der Waals surface area (Å²) in [5.74, 6) is 1.17. The largest absolute Gasteiger partial charge is 0.508 e. The minimum absolute atomic E-state index is 0.339. The smallest absolute Gasteiger partial charge is 0.116 e. The Morgan fingerprint density at radius 2 is 1.59 bits per heavy atom. The van der Waals surface area contributed by atoms with Crippen molar-refractivity contribution in [2.24, 2.45) is 23.3 Å². The molecule has 0 aliphatic rings. The predicted molar refractivity (Wildman–Crippen MR) is 72.0 cm³/mol. The summed E-state index contributed by atoms with van der Waals surface area (Å²) in [4.78, 5) is 0. The monoisotopic (exact) mass is 236 g/mol. The molecule has 1 aromatic rings. The van der Waals surface area contributed by atoms with Crippen LogP contribution in [-0.4, -0.2) is 18.2 Å². The second-order valence-corrected chi connectivity index (χ2v) is 4.97. The zero-order valence-electron chi connectivity index (χ0n) is 11.0. The topological polar surface area (TPSA) is 72.3 Å². The van der Waals surface area contributed by atoms with Gasteiger partial charge in [0.15, 0.2) is 0 Å². The van der Waals surface area contributed by atoms with E-state index < -0.39 is 0 Å². The molecule has 96 valence electrons. The van der Waals surface area contributed by atoms with Gasteiger partial charge >= 0.3 is 0 Å². The van der Waals surface area contributed by atoms with Gasteiger partial charge in [-0.3, -0.25) is 0 Å². The van der Waals surface area contributed by atoms with Crippen molar-refractivity contribution in [1.82, 2.24) is 0 Å². The molecule has 0 heterocycles. The van der Waals surface area contributed by atoms with Gasteiger partial charge in [-0.2, -0.15) is 0 Å². The summed E-state index contributed by atoms with van der Waals surface area (Å²) in [6.07, 6.45) is 0.969. The third-order valence-corrected chi connectivity index (χ3v) is 3.62. The van der Waals surface area contributed by atoms with Gasteiger partial charge in [0.2, 0.25) is 0 Å². The van der Waals surface area contributed by atoms with Crippen LogP contribution in [0.2, 0.25) is 0 Å². The van der Waals surface area contributed by atoms with Gasteiger partial charge in [0, 0.05) is 0 Å². The Kier molecular flexibility index (Phi) is 4.97. The van der Waals surface area contributed by atoms with Gasteiger partial charge in [0.1, 0.15) is 5.75 Å². The van der Waals surface area contributed by atoms with Crippen LogP contribution in [-0.2, 0) is 6.42 Å². The Balaban J connectivity index is 2.88. The summed E-state index contributed by atoms with van der Waals surface area (Å²) in [5, 5.41) is 9.51. The van der Waals surface area contributed by atoms with Crippen molar-refractivity contribution in [3.05, 3.63) is 28.8 Å². The van der Waals surface area contributed by atoms with Crippen LogP contribution in [0.25, 0.3) is 0 Å². The van der Waals surface area contributed by atoms with Gasteiger partial charge in [-0.15, -0.1) is 0 Å². The highest BCUT2D eigenvalue weighted by atomic mass is 16.3. The van der Waals surface area contributed by atoms with Crippen molar-refractivity contribution in [1.29, 1.82) is 0 Å². The van der Waals surface area contributed by atoms with E-state index in [4.69, 9.17) is 11.5 Å². The zero-order valence-corrected chi connectivity index (χ0v) is 11.0. The molecule has 3 nitrogen and oxygen atoms in total. The van der Waals surface area contributed by atoms with Gasteiger partial charge in [0.05, 0.1) is 0 Å². The Hall–Kier alpha value is -1.06. The molecule has 0 spiro atoms. The van der Waals surface area contributed by atoms with Gasteiger partial charge < -0.3 is 16.6 Å². The first-order valence-electron chi connectivity index (χ1n) is 6.18. The van der Waals surface area contributed by atoms with Crippen LogP contribution in [0.4, 0.5) is 0 Å². The van der Waals surface area contributed by atoms with Crippen LogP contribution in [0, 0.1) is 25.7 Å². The van der Waals surface area contributed by atoms with Gasteiger partial charge in [-0.05, 0) is 74.0 Å². The number of rotatable bonds is 5. The summed E-state index contributed by atoms with van der Waals surface area (Å²) in [6.45, 7) is 7.53. The highest BCUT2D eigenvalue weighted by molar-refractivity contribution is 5.40. The number of benzene rings is 1. The van der Waals surface area contributed by atoms with E-state index >= 15 is 0 Å². The lowest BCUT2D eigenvalue weighted by molar-refractivity contribution is 0.371. The standard InChI is InChI=1S/C14H24N2O/c1-9(12(7-15)8-16)6-14-10(2)4-13(17)5-11(14)3/h4-5,9,12,17H,6-8,15-16H2,1-3H3.